The van der Waals surface area contributed by atoms with Crippen LogP contribution in [0, 0.1) is 0 Å². The van der Waals surface area contributed by atoms with E-state index in [1.54, 1.807) is 12.1 Å². The summed E-state index contributed by atoms with van der Waals surface area (Å²) in [5.41, 5.74) is 9.11. The van der Waals surface area contributed by atoms with Crippen LogP contribution in [0.2, 0.25) is 0 Å². The lowest BCUT2D eigenvalue weighted by Crippen LogP contribution is -1.97. The molecule has 1 aromatic rings. The largest absolute Gasteiger partial charge is 0.373 e. The summed E-state index contributed by atoms with van der Waals surface area (Å²) in [6.07, 6.45) is 1.04. The molecule has 0 radical (unpaired) electrons. The summed E-state index contributed by atoms with van der Waals surface area (Å²) < 4.78 is 30.5. The number of hydrogen-bond donors (Lipinski definition) is 0. The monoisotopic (exact) mass is 239 g/mol. The van der Waals surface area contributed by atoms with Gasteiger partial charge in [0.15, 0.2) is 0 Å². The number of benzene rings is 1. The molecule has 0 saturated carbocycles. The van der Waals surface area contributed by atoms with Crippen LogP contribution in [0.1, 0.15) is 5.56 Å². The first-order valence-corrected chi connectivity index (χ1v) is 6.08. The van der Waals surface area contributed by atoms with E-state index in [9.17, 15) is 8.42 Å². The van der Waals surface area contributed by atoms with E-state index < -0.39 is 10.0 Å². The maximum Gasteiger partial charge on any atom is 0.264 e. The number of hydrogen-bond acceptors (Lipinski definition) is 3. The molecule has 0 spiro atoms. The second-order valence-electron chi connectivity index (χ2n) is 3.45. The second-order valence-corrected chi connectivity index (χ2v) is 5.03. The minimum Gasteiger partial charge on any atom is -0.373 e. The van der Waals surface area contributed by atoms with Gasteiger partial charge in [-0.2, -0.15) is 0 Å². The first kappa shape index (κ1) is 10.9. The van der Waals surface area contributed by atoms with Crippen molar-refractivity contribution in [2.45, 2.75) is 17.4 Å². The molecule has 7 heteroatoms. The average molecular weight is 239 g/mol. The normalized spacial score (nSPS) is 18.9. The lowest BCUT2D eigenvalue weighted by molar-refractivity contribution is 0.407. The number of azide groups is 1. The minimum atomic E-state index is -3.86. The second kappa shape index (κ2) is 4.13. The van der Waals surface area contributed by atoms with Crippen LogP contribution in [0.3, 0.4) is 0 Å². The standard InChI is InChI=1S/C9H9N3O3S/c10-11-12-16(13,14)9-3-1-7(2-4-9)5-8-6-15-8/h1-4,8H,5-6H2. The molecule has 0 amide bonds. The minimum absolute atomic E-state index is 0.00534. The molecule has 16 heavy (non-hydrogen) atoms. The molecule has 0 aromatic heterocycles. The zero-order chi connectivity index (χ0) is 11.6. The third kappa shape index (κ3) is 2.52. The quantitative estimate of drug-likeness (QED) is 0.345. The molecule has 0 bridgehead atoms. The Balaban J connectivity index is 2.20. The van der Waals surface area contributed by atoms with Gasteiger partial charge in [0.25, 0.3) is 10.0 Å². The van der Waals surface area contributed by atoms with Crippen molar-refractivity contribution < 1.29 is 13.2 Å². The Kier molecular flexibility index (Phi) is 2.82. The van der Waals surface area contributed by atoms with E-state index in [4.69, 9.17) is 10.3 Å². The number of sulfonamides is 1. The summed E-state index contributed by atoms with van der Waals surface area (Å²) >= 11 is 0. The topological polar surface area (TPSA) is 95.4 Å². The lowest BCUT2D eigenvalue weighted by atomic mass is 10.1. The van der Waals surface area contributed by atoms with Gasteiger partial charge < -0.3 is 4.74 Å². The summed E-state index contributed by atoms with van der Waals surface area (Å²) in [5.74, 6) is 0. The maximum absolute atomic E-state index is 11.3. The highest BCUT2D eigenvalue weighted by Crippen LogP contribution is 2.18. The molecule has 2 rings (SSSR count). The number of epoxide rings is 1. The van der Waals surface area contributed by atoms with Crippen molar-refractivity contribution in [3.63, 3.8) is 0 Å². The summed E-state index contributed by atoms with van der Waals surface area (Å²) in [6.45, 7) is 0.763. The smallest absolute Gasteiger partial charge is 0.264 e. The van der Waals surface area contributed by atoms with E-state index in [1.165, 1.54) is 12.1 Å². The van der Waals surface area contributed by atoms with E-state index in [0.29, 0.717) is 0 Å². The van der Waals surface area contributed by atoms with Crippen LogP contribution in [0.15, 0.2) is 33.7 Å². The van der Waals surface area contributed by atoms with Gasteiger partial charge >= 0.3 is 0 Å². The molecule has 0 N–H and O–H groups in total. The van der Waals surface area contributed by atoms with Gasteiger partial charge in [-0.05, 0) is 23.2 Å². The zero-order valence-electron chi connectivity index (χ0n) is 8.28. The van der Waals surface area contributed by atoms with E-state index in [0.717, 1.165) is 18.6 Å². The van der Waals surface area contributed by atoms with Gasteiger partial charge in [0.1, 0.15) is 0 Å². The fraction of sp³-hybridized carbons (Fsp3) is 0.333. The van der Waals surface area contributed by atoms with E-state index in [1.807, 2.05) is 0 Å². The first-order chi connectivity index (χ1) is 7.62. The molecule has 1 aromatic carbocycles. The highest BCUT2D eigenvalue weighted by molar-refractivity contribution is 7.90. The van der Waals surface area contributed by atoms with Crippen molar-refractivity contribution in [3.8, 4) is 0 Å². The average Bonchev–Trinajstić information content (AvgIpc) is 3.02. The summed E-state index contributed by atoms with van der Waals surface area (Å²) in [6, 6.07) is 6.26. The molecule has 1 fully saturated rings. The van der Waals surface area contributed by atoms with Crippen LogP contribution >= 0.6 is 0 Å². The fourth-order valence-corrected chi connectivity index (χ4v) is 2.01. The van der Waals surface area contributed by atoms with Crippen molar-refractivity contribution in [1.82, 2.24) is 0 Å². The van der Waals surface area contributed by atoms with Gasteiger partial charge in [-0.15, -0.1) is 0 Å². The molecule has 1 unspecified atom stereocenters. The Morgan fingerprint density at radius 1 is 1.44 bits per heavy atom. The SMILES string of the molecule is [N-]=[N+]=NS(=O)(=O)c1ccc(CC2CO2)cc1. The molecule has 6 nitrogen and oxygen atoms in total. The Labute approximate surface area is 92.5 Å². The van der Waals surface area contributed by atoms with Crippen LogP contribution in [-0.4, -0.2) is 21.1 Å². The number of nitrogens with zero attached hydrogens (tertiary/aromatic N) is 3. The van der Waals surface area contributed by atoms with Crippen LogP contribution in [0.4, 0.5) is 0 Å². The summed E-state index contributed by atoms with van der Waals surface area (Å²) in [5, 5.41) is 0. The predicted octanol–water partition coefficient (Wildman–Crippen LogP) is 1.63. The van der Waals surface area contributed by atoms with Gasteiger partial charge in [-0.25, -0.2) is 8.42 Å². The van der Waals surface area contributed by atoms with Gasteiger partial charge in [0.05, 0.1) is 17.6 Å². The Morgan fingerprint density at radius 2 is 2.06 bits per heavy atom. The summed E-state index contributed by atoms with van der Waals surface area (Å²) in [7, 11) is -3.86. The van der Waals surface area contributed by atoms with Crippen LogP contribution in [0.5, 0.6) is 0 Å². The molecule has 84 valence electrons. The molecule has 1 heterocycles. The fourth-order valence-electron chi connectivity index (χ4n) is 1.34. The van der Waals surface area contributed by atoms with Gasteiger partial charge in [0.2, 0.25) is 0 Å². The van der Waals surface area contributed by atoms with Gasteiger partial charge in [-0.1, -0.05) is 12.1 Å². The lowest BCUT2D eigenvalue weighted by Gasteiger charge is -2.00. The highest BCUT2D eigenvalue weighted by Gasteiger charge is 2.22. The van der Waals surface area contributed by atoms with Crippen molar-refractivity contribution in [3.05, 3.63) is 40.3 Å². The molecular weight excluding hydrogens is 230 g/mol. The molecule has 1 aliphatic rings. The number of rotatable bonds is 4. The van der Waals surface area contributed by atoms with E-state index >= 15 is 0 Å². The molecular formula is C9H9N3O3S. The molecule has 1 aliphatic heterocycles. The van der Waals surface area contributed by atoms with Crippen molar-refractivity contribution in [1.29, 1.82) is 0 Å². The van der Waals surface area contributed by atoms with Crippen molar-refractivity contribution in [2.24, 2.45) is 4.52 Å². The number of ether oxygens (including phenoxy) is 1. The third-order valence-corrected chi connectivity index (χ3v) is 3.39. The maximum atomic E-state index is 11.3. The third-order valence-electron chi connectivity index (χ3n) is 2.23. The zero-order valence-corrected chi connectivity index (χ0v) is 9.09. The Bertz CT molecular complexity index is 528. The van der Waals surface area contributed by atoms with Gasteiger partial charge in [0, 0.05) is 15.9 Å². The van der Waals surface area contributed by atoms with Crippen molar-refractivity contribution >= 4 is 10.0 Å². The van der Waals surface area contributed by atoms with Crippen LogP contribution < -0.4 is 0 Å². The van der Waals surface area contributed by atoms with Crippen molar-refractivity contribution in [2.75, 3.05) is 6.61 Å². The highest BCUT2D eigenvalue weighted by atomic mass is 32.2. The van der Waals surface area contributed by atoms with E-state index in [2.05, 4.69) is 9.43 Å². The van der Waals surface area contributed by atoms with Gasteiger partial charge in [-0.3, -0.25) is 0 Å². The molecule has 1 saturated heterocycles. The Hall–Kier alpha value is -1.56. The molecule has 0 aliphatic carbocycles. The predicted molar refractivity (Wildman–Crippen MR) is 56.2 cm³/mol. The molecule has 1 atom stereocenters. The van der Waals surface area contributed by atoms with Crippen LogP contribution in [-0.2, 0) is 21.2 Å². The van der Waals surface area contributed by atoms with Crippen LogP contribution in [0.25, 0.3) is 10.4 Å². The first-order valence-electron chi connectivity index (χ1n) is 4.64. The summed E-state index contributed by atoms with van der Waals surface area (Å²) in [4.78, 5) is 2.29. The van der Waals surface area contributed by atoms with E-state index in [-0.39, 0.29) is 11.0 Å². The Morgan fingerprint density at radius 3 is 2.56 bits per heavy atom.